The Balaban J connectivity index is 2.27. The third-order valence-corrected chi connectivity index (χ3v) is 3.34. The summed E-state index contributed by atoms with van der Waals surface area (Å²) in [4.78, 5) is 12.4. The SMILES string of the molecule is CCn1ncc(OC)c1C(=O)Cc1cccc(Br)c1. The molecule has 0 atom stereocenters. The molecule has 0 saturated heterocycles. The van der Waals surface area contributed by atoms with Crippen molar-refractivity contribution in [3.05, 3.63) is 46.2 Å². The number of hydrogen-bond donors (Lipinski definition) is 0. The van der Waals surface area contributed by atoms with E-state index in [2.05, 4.69) is 21.0 Å². The lowest BCUT2D eigenvalue weighted by molar-refractivity contribution is 0.0979. The Labute approximate surface area is 120 Å². The van der Waals surface area contributed by atoms with E-state index in [1.165, 1.54) is 0 Å². The minimum absolute atomic E-state index is 0.00861. The summed E-state index contributed by atoms with van der Waals surface area (Å²) in [6.07, 6.45) is 1.92. The van der Waals surface area contributed by atoms with Crippen LogP contribution in [0.3, 0.4) is 0 Å². The molecule has 2 rings (SSSR count). The molecule has 0 saturated carbocycles. The van der Waals surface area contributed by atoms with Gasteiger partial charge in [0.2, 0.25) is 0 Å². The van der Waals surface area contributed by atoms with Gasteiger partial charge >= 0.3 is 0 Å². The van der Waals surface area contributed by atoms with Gasteiger partial charge in [0.15, 0.2) is 11.5 Å². The predicted molar refractivity (Wildman–Crippen MR) is 76.6 cm³/mol. The number of rotatable bonds is 5. The van der Waals surface area contributed by atoms with Crippen molar-refractivity contribution in [2.45, 2.75) is 19.9 Å². The number of hydrogen-bond acceptors (Lipinski definition) is 3. The molecule has 4 nitrogen and oxygen atoms in total. The second kappa shape index (κ2) is 6.02. The van der Waals surface area contributed by atoms with Crippen molar-refractivity contribution in [2.24, 2.45) is 0 Å². The van der Waals surface area contributed by atoms with E-state index in [-0.39, 0.29) is 5.78 Å². The Hall–Kier alpha value is -1.62. The lowest BCUT2D eigenvalue weighted by Crippen LogP contribution is -2.12. The fourth-order valence-corrected chi connectivity index (χ4v) is 2.40. The first-order chi connectivity index (χ1) is 9.15. The molecule has 100 valence electrons. The monoisotopic (exact) mass is 322 g/mol. The highest BCUT2D eigenvalue weighted by molar-refractivity contribution is 9.10. The molecule has 0 unspecified atom stereocenters. The quantitative estimate of drug-likeness (QED) is 0.794. The van der Waals surface area contributed by atoms with E-state index in [1.807, 2.05) is 31.2 Å². The van der Waals surface area contributed by atoms with Crippen LogP contribution < -0.4 is 4.74 Å². The van der Waals surface area contributed by atoms with Gasteiger partial charge in [-0.1, -0.05) is 28.1 Å². The van der Waals surface area contributed by atoms with Crippen LogP contribution in [0.4, 0.5) is 0 Å². The molecule has 2 aromatic rings. The van der Waals surface area contributed by atoms with Gasteiger partial charge in [0.1, 0.15) is 5.69 Å². The second-order valence-corrected chi connectivity index (χ2v) is 5.02. The van der Waals surface area contributed by atoms with Crippen molar-refractivity contribution < 1.29 is 9.53 Å². The number of ether oxygens (including phenoxy) is 1. The molecule has 0 aliphatic heterocycles. The zero-order valence-corrected chi connectivity index (χ0v) is 12.5. The normalized spacial score (nSPS) is 10.5. The maximum Gasteiger partial charge on any atom is 0.189 e. The number of Topliss-reactive ketones (excluding diaryl/α,β-unsaturated/α-hetero) is 1. The van der Waals surface area contributed by atoms with E-state index in [0.29, 0.717) is 24.4 Å². The molecule has 0 aliphatic carbocycles. The van der Waals surface area contributed by atoms with Crippen molar-refractivity contribution >= 4 is 21.7 Å². The number of benzene rings is 1. The zero-order chi connectivity index (χ0) is 13.8. The maximum atomic E-state index is 12.4. The van der Waals surface area contributed by atoms with Gasteiger partial charge in [0, 0.05) is 17.4 Å². The molecule has 0 aliphatic rings. The van der Waals surface area contributed by atoms with Crippen LogP contribution in [-0.2, 0) is 13.0 Å². The Bertz CT molecular complexity index is 571. The molecular weight excluding hydrogens is 308 g/mol. The largest absolute Gasteiger partial charge is 0.493 e. The summed E-state index contributed by atoms with van der Waals surface area (Å²) in [5, 5.41) is 4.15. The van der Waals surface area contributed by atoms with Crippen LogP contribution in [0, 0.1) is 0 Å². The molecule has 5 heteroatoms. The number of ketones is 1. The Morgan fingerprint density at radius 1 is 1.47 bits per heavy atom. The van der Waals surface area contributed by atoms with Crippen LogP contribution in [0.15, 0.2) is 34.9 Å². The number of aromatic nitrogens is 2. The van der Waals surface area contributed by atoms with Crippen molar-refractivity contribution in [2.75, 3.05) is 7.11 Å². The van der Waals surface area contributed by atoms with E-state index in [4.69, 9.17) is 4.74 Å². The zero-order valence-electron chi connectivity index (χ0n) is 10.9. The van der Waals surface area contributed by atoms with Gasteiger partial charge < -0.3 is 4.74 Å². The fourth-order valence-electron chi connectivity index (χ4n) is 1.95. The standard InChI is InChI=1S/C14H15BrN2O2/c1-3-17-14(13(19-2)9-16-17)12(18)8-10-5-4-6-11(15)7-10/h4-7,9H,3,8H2,1-2H3. The van der Waals surface area contributed by atoms with E-state index < -0.39 is 0 Å². The predicted octanol–water partition coefficient (Wildman–Crippen LogP) is 3.10. The molecular formula is C14H15BrN2O2. The van der Waals surface area contributed by atoms with E-state index in [0.717, 1.165) is 10.0 Å². The third-order valence-electron chi connectivity index (χ3n) is 2.84. The third kappa shape index (κ3) is 3.04. The van der Waals surface area contributed by atoms with Gasteiger partial charge in [-0.3, -0.25) is 9.48 Å². The summed E-state index contributed by atoms with van der Waals surface area (Å²) >= 11 is 3.40. The van der Waals surface area contributed by atoms with Crippen molar-refractivity contribution in [3.8, 4) is 5.75 Å². The summed E-state index contributed by atoms with van der Waals surface area (Å²) in [5.41, 5.74) is 1.50. The number of methoxy groups -OCH3 is 1. The average Bonchev–Trinajstić information content (AvgIpc) is 2.81. The number of carbonyl (C=O) groups is 1. The van der Waals surface area contributed by atoms with Crippen molar-refractivity contribution in [1.29, 1.82) is 0 Å². The van der Waals surface area contributed by atoms with Crippen LogP contribution in [0.5, 0.6) is 5.75 Å². The summed E-state index contributed by atoms with van der Waals surface area (Å²) in [7, 11) is 1.55. The van der Waals surface area contributed by atoms with Crippen LogP contribution in [-0.4, -0.2) is 22.7 Å². The maximum absolute atomic E-state index is 12.4. The second-order valence-electron chi connectivity index (χ2n) is 4.11. The highest BCUT2D eigenvalue weighted by Gasteiger charge is 2.18. The molecule has 0 radical (unpaired) electrons. The molecule has 1 aromatic carbocycles. The Kier molecular flexibility index (Phi) is 4.37. The molecule has 0 spiro atoms. The smallest absolute Gasteiger partial charge is 0.189 e. The lowest BCUT2D eigenvalue weighted by atomic mass is 10.1. The number of aryl methyl sites for hydroxylation is 1. The van der Waals surface area contributed by atoms with Gasteiger partial charge in [0.25, 0.3) is 0 Å². The number of nitrogens with zero attached hydrogens (tertiary/aromatic N) is 2. The van der Waals surface area contributed by atoms with Crippen LogP contribution in [0.25, 0.3) is 0 Å². The minimum atomic E-state index is 0.00861. The van der Waals surface area contributed by atoms with Crippen LogP contribution in [0.1, 0.15) is 23.0 Å². The number of carbonyl (C=O) groups excluding carboxylic acids is 1. The van der Waals surface area contributed by atoms with Gasteiger partial charge in [-0.05, 0) is 24.6 Å². The molecule has 0 bridgehead atoms. The van der Waals surface area contributed by atoms with E-state index >= 15 is 0 Å². The van der Waals surface area contributed by atoms with Crippen LogP contribution >= 0.6 is 15.9 Å². The van der Waals surface area contributed by atoms with Crippen molar-refractivity contribution in [3.63, 3.8) is 0 Å². The molecule has 0 N–H and O–H groups in total. The van der Waals surface area contributed by atoms with Crippen molar-refractivity contribution in [1.82, 2.24) is 9.78 Å². The number of halogens is 1. The topological polar surface area (TPSA) is 44.1 Å². The molecule has 1 heterocycles. The molecule has 0 amide bonds. The molecule has 0 fully saturated rings. The first-order valence-corrected chi connectivity index (χ1v) is 6.82. The van der Waals surface area contributed by atoms with Crippen LogP contribution in [0.2, 0.25) is 0 Å². The van der Waals surface area contributed by atoms with Gasteiger partial charge in [-0.2, -0.15) is 5.10 Å². The average molecular weight is 323 g/mol. The minimum Gasteiger partial charge on any atom is -0.493 e. The van der Waals surface area contributed by atoms with Gasteiger partial charge in [-0.25, -0.2) is 0 Å². The Morgan fingerprint density at radius 3 is 2.89 bits per heavy atom. The lowest BCUT2D eigenvalue weighted by Gasteiger charge is -2.06. The van der Waals surface area contributed by atoms with Gasteiger partial charge in [-0.15, -0.1) is 0 Å². The Morgan fingerprint density at radius 2 is 2.26 bits per heavy atom. The summed E-state index contributed by atoms with van der Waals surface area (Å²) < 4.78 is 7.83. The fraction of sp³-hybridized carbons (Fsp3) is 0.286. The highest BCUT2D eigenvalue weighted by Crippen LogP contribution is 2.20. The first-order valence-electron chi connectivity index (χ1n) is 6.03. The summed E-state index contributed by atoms with van der Waals surface area (Å²) in [5.74, 6) is 0.538. The first kappa shape index (κ1) is 13.8. The molecule has 1 aromatic heterocycles. The summed E-state index contributed by atoms with van der Waals surface area (Å²) in [6.45, 7) is 2.59. The summed E-state index contributed by atoms with van der Waals surface area (Å²) in [6, 6.07) is 7.73. The van der Waals surface area contributed by atoms with E-state index in [9.17, 15) is 4.79 Å². The van der Waals surface area contributed by atoms with E-state index in [1.54, 1.807) is 18.0 Å². The van der Waals surface area contributed by atoms with Gasteiger partial charge in [0.05, 0.1) is 13.3 Å². The molecule has 19 heavy (non-hydrogen) atoms. The highest BCUT2D eigenvalue weighted by atomic mass is 79.9.